The Hall–Kier alpha value is -1.77. The molecule has 0 atom stereocenters. The highest BCUT2D eigenvalue weighted by molar-refractivity contribution is 5.76. The lowest BCUT2D eigenvalue weighted by molar-refractivity contribution is -0.104. The van der Waals surface area contributed by atoms with Crippen molar-refractivity contribution in [1.82, 2.24) is 0 Å². The zero-order valence-corrected chi connectivity index (χ0v) is 13.5. The molecule has 0 fully saturated rings. The van der Waals surface area contributed by atoms with Gasteiger partial charge in [-0.25, -0.2) is 0 Å². The van der Waals surface area contributed by atoms with Crippen molar-refractivity contribution in [3.8, 4) is 5.75 Å². The van der Waals surface area contributed by atoms with Crippen LogP contribution in [0.15, 0.2) is 24.3 Å². The molecular formula is C18H27NO2. The first-order chi connectivity index (χ1) is 10.3. The van der Waals surface area contributed by atoms with Crippen molar-refractivity contribution in [2.75, 3.05) is 25.1 Å². The maximum absolute atomic E-state index is 10.5. The van der Waals surface area contributed by atoms with Crippen LogP contribution in [0.25, 0.3) is 6.08 Å². The van der Waals surface area contributed by atoms with Crippen LogP contribution < -0.4 is 9.64 Å². The van der Waals surface area contributed by atoms with Gasteiger partial charge in [0.15, 0.2) is 0 Å². The summed E-state index contributed by atoms with van der Waals surface area (Å²) in [5.41, 5.74) is 2.12. The van der Waals surface area contributed by atoms with Crippen molar-refractivity contribution < 1.29 is 9.53 Å². The summed E-state index contributed by atoms with van der Waals surface area (Å²) in [7, 11) is 1.67. The van der Waals surface area contributed by atoms with Gasteiger partial charge in [-0.15, -0.1) is 0 Å². The SMILES string of the molecule is CCCCN(CCCC)c1ccc(/C=C\C=O)c(OC)c1. The molecule has 0 saturated carbocycles. The molecule has 0 spiro atoms. The number of nitrogens with zero attached hydrogens (tertiary/aromatic N) is 1. The van der Waals surface area contributed by atoms with Gasteiger partial charge < -0.3 is 9.64 Å². The van der Waals surface area contributed by atoms with Gasteiger partial charge in [0.05, 0.1) is 7.11 Å². The lowest BCUT2D eigenvalue weighted by Gasteiger charge is -2.25. The maximum atomic E-state index is 10.5. The van der Waals surface area contributed by atoms with Gasteiger partial charge in [-0.3, -0.25) is 4.79 Å². The van der Waals surface area contributed by atoms with E-state index in [4.69, 9.17) is 4.74 Å². The van der Waals surface area contributed by atoms with E-state index in [1.54, 1.807) is 13.2 Å². The van der Waals surface area contributed by atoms with Gasteiger partial charge in [-0.1, -0.05) is 26.7 Å². The molecule has 0 aromatic heterocycles. The van der Waals surface area contributed by atoms with Gasteiger partial charge in [0.2, 0.25) is 0 Å². The molecule has 21 heavy (non-hydrogen) atoms. The van der Waals surface area contributed by atoms with Crippen molar-refractivity contribution in [3.63, 3.8) is 0 Å². The zero-order chi connectivity index (χ0) is 15.5. The average molecular weight is 289 g/mol. The Morgan fingerprint density at radius 1 is 1.14 bits per heavy atom. The van der Waals surface area contributed by atoms with E-state index in [0.717, 1.165) is 30.7 Å². The van der Waals surface area contributed by atoms with E-state index >= 15 is 0 Å². The quantitative estimate of drug-likeness (QED) is 0.475. The minimum absolute atomic E-state index is 0.780. The third-order valence-electron chi connectivity index (χ3n) is 3.50. The summed E-state index contributed by atoms with van der Waals surface area (Å²) in [6.07, 6.45) is 8.82. The fraction of sp³-hybridized carbons (Fsp3) is 0.500. The molecule has 1 aromatic carbocycles. The first-order valence-electron chi connectivity index (χ1n) is 7.81. The van der Waals surface area contributed by atoms with Crippen LogP contribution in [-0.4, -0.2) is 26.5 Å². The second kappa shape index (κ2) is 10.0. The van der Waals surface area contributed by atoms with Crippen LogP contribution in [-0.2, 0) is 4.79 Å². The normalized spacial score (nSPS) is 10.8. The molecule has 0 saturated heterocycles. The van der Waals surface area contributed by atoms with Gasteiger partial charge in [-0.2, -0.15) is 0 Å². The second-order valence-corrected chi connectivity index (χ2v) is 5.12. The number of hydrogen-bond donors (Lipinski definition) is 0. The largest absolute Gasteiger partial charge is 0.496 e. The summed E-state index contributed by atoms with van der Waals surface area (Å²) in [5, 5.41) is 0. The van der Waals surface area contributed by atoms with Crippen LogP contribution in [0.2, 0.25) is 0 Å². The Labute approximate surface area is 128 Å². The van der Waals surface area contributed by atoms with Gasteiger partial charge >= 0.3 is 0 Å². The molecule has 1 rings (SSSR count). The smallest absolute Gasteiger partial charge is 0.142 e. The molecule has 0 amide bonds. The minimum atomic E-state index is 0.780. The standard InChI is InChI=1S/C18H27NO2/c1-4-6-12-19(13-7-5-2)17-11-10-16(9-8-14-20)18(15-17)21-3/h8-11,14-15H,4-7,12-13H2,1-3H3/b9-8-. The van der Waals surface area contributed by atoms with E-state index in [1.165, 1.54) is 37.4 Å². The Bertz CT molecular complexity index is 447. The molecule has 0 radical (unpaired) electrons. The van der Waals surface area contributed by atoms with Crippen molar-refractivity contribution in [3.05, 3.63) is 29.8 Å². The molecule has 116 valence electrons. The van der Waals surface area contributed by atoms with Gasteiger partial charge in [0.1, 0.15) is 12.0 Å². The Morgan fingerprint density at radius 3 is 2.33 bits per heavy atom. The number of unbranched alkanes of at least 4 members (excludes halogenated alkanes) is 2. The van der Waals surface area contributed by atoms with Crippen LogP contribution >= 0.6 is 0 Å². The fourth-order valence-electron chi connectivity index (χ4n) is 2.25. The number of hydrogen-bond acceptors (Lipinski definition) is 3. The van der Waals surface area contributed by atoms with E-state index in [9.17, 15) is 4.79 Å². The predicted octanol–water partition coefficient (Wildman–Crippen LogP) is 4.31. The first-order valence-corrected chi connectivity index (χ1v) is 7.81. The van der Waals surface area contributed by atoms with Gasteiger partial charge in [0, 0.05) is 30.4 Å². The van der Waals surface area contributed by atoms with Crippen LogP contribution in [0, 0.1) is 0 Å². The summed E-state index contributed by atoms with van der Waals surface area (Å²) in [6, 6.07) is 6.19. The number of allylic oxidation sites excluding steroid dienone is 1. The highest BCUT2D eigenvalue weighted by atomic mass is 16.5. The number of carbonyl (C=O) groups is 1. The molecule has 3 nitrogen and oxygen atoms in total. The predicted molar refractivity (Wildman–Crippen MR) is 90.1 cm³/mol. The summed E-state index contributed by atoms with van der Waals surface area (Å²) in [6.45, 7) is 6.57. The molecule has 0 unspecified atom stereocenters. The number of aldehydes is 1. The monoisotopic (exact) mass is 289 g/mol. The van der Waals surface area contributed by atoms with Crippen molar-refractivity contribution in [2.45, 2.75) is 39.5 Å². The number of ether oxygens (including phenoxy) is 1. The van der Waals surface area contributed by atoms with Gasteiger partial charge in [-0.05, 0) is 37.1 Å². The highest BCUT2D eigenvalue weighted by Gasteiger charge is 2.09. The van der Waals surface area contributed by atoms with Crippen molar-refractivity contribution in [2.24, 2.45) is 0 Å². The lowest BCUT2D eigenvalue weighted by atomic mass is 10.1. The lowest BCUT2D eigenvalue weighted by Crippen LogP contribution is -2.25. The fourth-order valence-corrected chi connectivity index (χ4v) is 2.25. The summed E-state index contributed by atoms with van der Waals surface area (Å²) >= 11 is 0. The average Bonchev–Trinajstić information content (AvgIpc) is 2.53. The first kappa shape index (κ1) is 17.3. The summed E-state index contributed by atoms with van der Waals surface area (Å²) in [4.78, 5) is 12.9. The topological polar surface area (TPSA) is 29.5 Å². The van der Waals surface area contributed by atoms with Gasteiger partial charge in [0.25, 0.3) is 0 Å². The Kier molecular flexibility index (Phi) is 8.25. The Balaban J connectivity index is 2.96. The molecular weight excluding hydrogens is 262 g/mol. The number of benzene rings is 1. The van der Waals surface area contributed by atoms with E-state index in [1.807, 2.05) is 6.07 Å². The minimum Gasteiger partial charge on any atom is -0.496 e. The molecule has 0 aliphatic heterocycles. The van der Waals surface area contributed by atoms with E-state index in [2.05, 4.69) is 30.9 Å². The summed E-state index contributed by atoms with van der Waals surface area (Å²) in [5.74, 6) is 0.809. The Morgan fingerprint density at radius 2 is 1.81 bits per heavy atom. The molecule has 0 bridgehead atoms. The van der Waals surface area contributed by atoms with Crippen LogP contribution in [0.3, 0.4) is 0 Å². The van der Waals surface area contributed by atoms with E-state index < -0.39 is 0 Å². The van der Waals surface area contributed by atoms with E-state index in [-0.39, 0.29) is 0 Å². The molecule has 1 aromatic rings. The molecule has 0 N–H and O–H groups in total. The number of methoxy groups -OCH3 is 1. The van der Waals surface area contributed by atoms with Crippen LogP contribution in [0.1, 0.15) is 45.1 Å². The van der Waals surface area contributed by atoms with E-state index in [0.29, 0.717) is 0 Å². The maximum Gasteiger partial charge on any atom is 0.142 e. The third-order valence-corrected chi connectivity index (χ3v) is 3.50. The molecule has 0 heterocycles. The molecule has 0 aliphatic rings. The number of rotatable bonds is 10. The van der Waals surface area contributed by atoms with Crippen LogP contribution in [0.5, 0.6) is 5.75 Å². The van der Waals surface area contributed by atoms with Crippen molar-refractivity contribution in [1.29, 1.82) is 0 Å². The third kappa shape index (κ3) is 5.62. The second-order valence-electron chi connectivity index (χ2n) is 5.12. The molecule has 3 heteroatoms. The number of anilines is 1. The number of carbonyl (C=O) groups excluding carboxylic acids is 1. The summed E-state index contributed by atoms with van der Waals surface area (Å²) < 4.78 is 5.45. The van der Waals surface area contributed by atoms with Crippen molar-refractivity contribution >= 4 is 18.0 Å². The highest BCUT2D eigenvalue weighted by Crippen LogP contribution is 2.27. The van der Waals surface area contributed by atoms with Crippen LogP contribution in [0.4, 0.5) is 5.69 Å². The zero-order valence-electron chi connectivity index (χ0n) is 13.5. The molecule has 0 aliphatic carbocycles.